The van der Waals surface area contributed by atoms with Crippen LogP contribution in [0.1, 0.15) is 22.8 Å². The number of esters is 1. The van der Waals surface area contributed by atoms with E-state index in [4.69, 9.17) is 19.9 Å². The fraction of sp³-hybridized carbons (Fsp3) is 0.222. The maximum absolute atomic E-state index is 12.2. The minimum absolute atomic E-state index is 0.0729. The number of anilines is 1. The van der Waals surface area contributed by atoms with Crippen LogP contribution in [-0.4, -0.2) is 29.7 Å². The highest BCUT2D eigenvalue weighted by molar-refractivity contribution is 5.93. The van der Waals surface area contributed by atoms with Crippen LogP contribution in [0, 0.1) is 10.1 Å². The van der Waals surface area contributed by atoms with Crippen LogP contribution in [-0.2, 0) is 16.1 Å². The van der Waals surface area contributed by atoms with Crippen molar-refractivity contribution in [3.05, 3.63) is 57.6 Å². The predicted molar refractivity (Wildman–Crippen MR) is 96.8 cm³/mol. The number of carbonyl (C=O) groups is 2. The zero-order valence-electron chi connectivity index (χ0n) is 14.8. The summed E-state index contributed by atoms with van der Waals surface area (Å²) in [5, 5.41) is 13.6. The molecule has 1 atom stereocenters. The van der Waals surface area contributed by atoms with Gasteiger partial charge in [-0.15, -0.1) is 0 Å². The van der Waals surface area contributed by atoms with E-state index in [-0.39, 0.29) is 24.6 Å². The highest BCUT2D eigenvalue weighted by atomic mass is 16.7. The number of hydrogen-bond acceptors (Lipinski definition) is 8. The smallest absolute Gasteiger partial charge is 0.339 e. The Morgan fingerprint density at radius 2 is 2.00 bits per heavy atom. The van der Waals surface area contributed by atoms with Crippen molar-refractivity contribution in [2.75, 3.05) is 12.5 Å². The third-order valence-corrected chi connectivity index (χ3v) is 4.02. The molecule has 2 aromatic rings. The fourth-order valence-electron chi connectivity index (χ4n) is 2.49. The Morgan fingerprint density at radius 1 is 1.25 bits per heavy atom. The summed E-state index contributed by atoms with van der Waals surface area (Å²) in [5.74, 6) is -0.157. The van der Waals surface area contributed by atoms with Crippen molar-refractivity contribution < 1.29 is 28.7 Å². The summed E-state index contributed by atoms with van der Waals surface area (Å²) in [6.07, 6.45) is -1.10. The summed E-state index contributed by atoms with van der Waals surface area (Å²) < 4.78 is 15.6. The molecule has 10 heteroatoms. The summed E-state index contributed by atoms with van der Waals surface area (Å²) in [6.45, 7) is 1.75. The average molecular weight is 387 g/mol. The molecule has 10 nitrogen and oxygen atoms in total. The topological polar surface area (TPSA) is 143 Å². The molecular weight excluding hydrogens is 370 g/mol. The minimum atomic E-state index is -1.10. The number of fused-ring (bicyclic) bond motifs is 1. The maximum atomic E-state index is 12.2. The van der Waals surface area contributed by atoms with Crippen molar-refractivity contribution in [2.24, 2.45) is 0 Å². The Balaban J connectivity index is 1.57. The van der Waals surface area contributed by atoms with Crippen molar-refractivity contribution >= 4 is 23.3 Å². The van der Waals surface area contributed by atoms with Crippen LogP contribution in [0.25, 0.3) is 0 Å². The van der Waals surface area contributed by atoms with Crippen LogP contribution >= 0.6 is 0 Å². The first-order valence-electron chi connectivity index (χ1n) is 8.26. The molecule has 0 aliphatic carbocycles. The van der Waals surface area contributed by atoms with Gasteiger partial charge in [-0.2, -0.15) is 0 Å². The summed E-state index contributed by atoms with van der Waals surface area (Å²) in [5.41, 5.74) is 5.72. The van der Waals surface area contributed by atoms with Crippen LogP contribution in [0.15, 0.2) is 36.4 Å². The zero-order valence-corrected chi connectivity index (χ0v) is 14.8. The Bertz CT molecular complexity index is 945. The molecule has 28 heavy (non-hydrogen) atoms. The second-order valence-electron chi connectivity index (χ2n) is 5.98. The van der Waals surface area contributed by atoms with E-state index >= 15 is 0 Å². The molecule has 0 saturated carbocycles. The summed E-state index contributed by atoms with van der Waals surface area (Å²) in [6, 6.07) is 8.79. The van der Waals surface area contributed by atoms with Gasteiger partial charge in [0.1, 0.15) is 5.69 Å². The number of rotatable bonds is 6. The quantitative estimate of drug-likeness (QED) is 0.330. The van der Waals surface area contributed by atoms with Crippen LogP contribution in [0.5, 0.6) is 11.5 Å². The molecule has 3 N–H and O–H groups in total. The Hall–Kier alpha value is -3.82. The highest BCUT2D eigenvalue weighted by Gasteiger charge is 2.22. The standard InChI is InChI=1S/C18H17N3O7/c1-10(28-18(23)12-3-4-13(19)14(7-12)21(24)25)17(22)20-8-11-2-5-15-16(6-11)27-9-26-15/h2-7,10H,8-9,19H2,1H3,(H,20,22). The first-order valence-corrected chi connectivity index (χ1v) is 8.26. The number of carbonyl (C=O) groups excluding carboxylic acids is 2. The third-order valence-electron chi connectivity index (χ3n) is 4.02. The van der Waals surface area contributed by atoms with Crippen LogP contribution < -0.4 is 20.5 Å². The van der Waals surface area contributed by atoms with E-state index in [0.29, 0.717) is 11.5 Å². The number of hydrogen-bond donors (Lipinski definition) is 2. The molecule has 1 heterocycles. The Labute approximate surface area is 159 Å². The molecule has 2 aromatic carbocycles. The van der Waals surface area contributed by atoms with Crippen molar-refractivity contribution in [3.63, 3.8) is 0 Å². The molecule has 3 rings (SSSR count). The molecule has 0 radical (unpaired) electrons. The van der Waals surface area contributed by atoms with Gasteiger partial charge in [0.15, 0.2) is 17.6 Å². The van der Waals surface area contributed by atoms with Gasteiger partial charge in [-0.1, -0.05) is 6.07 Å². The van der Waals surface area contributed by atoms with E-state index in [9.17, 15) is 19.7 Å². The molecule has 0 spiro atoms. The van der Waals surface area contributed by atoms with E-state index in [1.165, 1.54) is 19.1 Å². The first-order chi connectivity index (χ1) is 13.3. The van der Waals surface area contributed by atoms with Gasteiger partial charge < -0.3 is 25.3 Å². The second-order valence-corrected chi connectivity index (χ2v) is 5.98. The van der Waals surface area contributed by atoms with E-state index in [2.05, 4.69) is 5.32 Å². The highest BCUT2D eigenvalue weighted by Crippen LogP contribution is 2.32. The molecule has 1 aliphatic rings. The number of ether oxygens (including phenoxy) is 3. The molecular formula is C18H17N3O7. The van der Waals surface area contributed by atoms with E-state index in [1.54, 1.807) is 18.2 Å². The van der Waals surface area contributed by atoms with Gasteiger partial charge >= 0.3 is 5.97 Å². The lowest BCUT2D eigenvalue weighted by Gasteiger charge is -2.14. The number of amides is 1. The number of nitro groups is 1. The van der Waals surface area contributed by atoms with Crippen LogP contribution in [0.4, 0.5) is 11.4 Å². The van der Waals surface area contributed by atoms with Gasteiger partial charge in [0, 0.05) is 12.6 Å². The number of nitrogens with zero attached hydrogens (tertiary/aromatic N) is 1. The molecule has 0 aromatic heterocycles. The lowest BCUT2D eigenvalue weighted by molar-refractivity contribution is -0.383. The molecule has 0 fully saturated rings. The zero-order chi connectivity index (χ0) is 20.3. The molecule has 1 amide bonds. The summed E-state index contributed by atoms with van der Waals surface area (Å²) >= 11 is 0. The second kappa shape index (κ2) is 7.82. The number of nitrogens with one attached hydrogen (secondary N) is 1. The first kappa shape index (κ1) is 19.0. The normalized spacial score (nSPS) is 12.9. The van der Waals surface area contributed by atoms with E-state index in [0.717, 1.165) is 11.6 Å². The number of benzene rings is 2. The average Bonchev–Trinajstić information content (AvgIpc) is 3.13. The van der Waals surface area contributed by atoms with E-state index in [1.807, 2.05) is 0 Å². The minimum Gasteiger partial charge on any atom is -0.454 e. The SMILES string of the molecule is CC(OC(=O)c1ccc(N)c([N+](=O)[O-])c1)C(=O)NCc1ccc2c(c1)OCO2. The number of nitro benzene ring substituents is 1. The van der Waals surface area contributed by atoms with Crippen molar-refractivity contribution in [3.8, 4) is 11.5 Å². The van der Waals surface area contributed by atoms with Crippen molar-refractivity contribution in [1.29, 1.82) is 0 Å². The van der Waals surface area contributed by atoms with Gasteiger partial charge in [-0.05, 0) is 36.8 Å². The Morgan fingerprint density at radius 3 is 2.75 bits per heavy atom. The van der Waals surface area contributed by atoms with Gasteiger partial charge in [0.25, 0.3) is 11.6 Å². The predicted octanol–water partition coefficient (Wildman–Crippen LogP) is 1.77. The van der Waals surface area contributed by atoms with Crippen molar-refractivity contribution in [1.82, 2.24) is 5.32 Å². The lowest BCUT2D eigenvalue weighted by atomic mass is 10.1. The number of nitrogen functional groups attached to an aromatic ring is 1. The fourth-order valence-corrected chi connectivity index (χ4v) is 2.49. The largest absolute Gasteiger partial charge is 0.454 e. The lowest BCUT2D eigenvalue weighted by Crippen LogP contribution is -2.35. The summed E-state index contributed by atoms with van der Waals surface area (Å²) in [4.78, 5) is 34.5. The molecule has 0 saturated heterocycles. The summed E-state index contributed by atoms with van der Waals surface area (Å²) in [7, 11) is 0. The van der Waals surface area contributed by atoms with Crippen LogP contribution in [0.3, 0.4) is 0 Å². The van der Waals surface area contributed by atoms with E-state index < -0.39 is 28.6 Å². The van der Waals surface area contributed by atoms with Crippen molar-refractivity contribution in [2.45, 2.75) is 19.6 Å². The Kier molecular flexibility index (Phi) is 5.30. The van der Waals surface area contributed by atoms with Gasteiger partial charge in [0.2, 0.25) is 6.79 Å². The molecule has 0 bridgehead atoms. The third kappa shape index (κ3) is 4.11. The molecule has 1 unspecified atom stereocenters. The monoisotopic (exact) mass is 387 g/mol. The van der Waals surface area contributed by atoms with Gasteiger partial charge in [0.05, 0.1) is 10.5 Å². The van der Waals surface area contributed by atoms with Crippen LogP contribution in [0.2, 0.25) is 0 Å². The molecule has 1 aliphatic heterocycles. The van der Waals surface area contributed by atoms with Gasteiger partial charge in [-0.3, -0.25) is 14.9 Å². The maximum Gasteiger partial charge on any atom is 0.339 e. The van der Waals surface area contributed by atoms with Gasteiger partial charge in [-0.25, -0.2) is 4.79 Å². The molecule has 146 valence electrons. The number of nitrogens with two attached hydrogens (primary N) is 1.